The second kappa shape index (κ2) is 10.2. The van der Waals surface area contributed by atoms with Crippen LogP contribution in [0.4, 0.5) is 5.69 Å². The monoisotopic (exact) mass is 468 g/mol. The molecule has 0 unspecified atom stereocenters. The van der Waals surface area contributed by atoms with Crippen LogP contribution in [0.3, 0.4) is 0 Å². The molecule has 4 aromatic rings. The molecule has 1 N–H and O–H groups in total. The zero-order valence-electron chi connectivity index (χ0n) is 18.9. The fourth-order valence-electron chi connectivity index (χ4n) is 3.20. The van der Waals surface area contributed by atoms with Crippen LogP contribution in [0.5, 0.6) is 23.1 Å². The lowest BCUT2D eigenvalue weighted by Crippen LogP contribution is -2.20. The first-order valence-electron chi connectivity index (χ1n) is 10.4. The van der Waals surface area contributed by atoms with Crippen LogP contribution in [0.2, 0.25) is 0 Å². The van der Waals surface area contributed by atoms with Crippen molar-refractivity contribution in [3.8, 4) is 29.2 Å². The van der Waals surface area contributed by atoms with Crippen LogP contribution in [0.15, 0.2) is 83.3 Å². The van der Waals surface area contributed by atoms with E-state index < -0.39 is 11.5 Å². The molecule has 0 aliphatic carbocycles. The summed E-state index contributed by atoms with van der Waals surface area (Å²) < 4.78 is 17.5. The normalized spacial score (nSPS) is 10.9. The third-order valence-corrected chi connectivity index (χ3v) is 5.01. The van der Waals surface area contributed by atoms with Gasteiger partial charge in [0.2, 0.25) is 5.88 Å². The molecule has 0 saturated heterocycles. The number of benzene rings is 2. The SMILES string of the molecule is COc1ccc(NC(=O)C(C#N)=Cc2c(Oc3ccc(OC)cc3)nc3ccccn3c2=O)cc1. The van der Waals surface area contributed by atoms with Crippen molar-refractivity contribution in [1.29, 1.82) is 5.26 Å². The first kappa shape index (κ1) is 23.1. The molecule has 2 heterocycles. The quantitative estimate of drug-likeness (QED) is 0.321. The number of nitrogens with zero attached hydrogens (tertiary/aromatic N) is 3. The van der Waals surface area contributed by atoms with Gasteiger partial charge in [0.25, 0.3) is 11.5 Å². The summed E-state index contributed by atoms with van der Waals surface area (Å²) in [6.07, 6.45) is 2.72. The summed E-state index contributed by atoms with van der Waals surface area (Å²) in [6.45, 7) is 0. The number of nitriles is 1. The summed E-state index contributed by atoms with van der Waals surface area (Å²) in [6, 6.07) is 20.2. The number of fused-ring (bicyclic) bond motifs is 1. The van der Waals surface area contributed by atoms with Gasteiger partial charge >= 0.3 is 0 Å². The molecule has 174 valence electrons. The number of carbonyl (C=O) groups is 1. The molecule has 0 spiro atoms. The molecular formula is C26H20N4O5. The van der Waals surface area contributed by atoms with Gasteiger partial charge in [0.15, 0.2) is 0 Å². The Kier molecular flexibility index (Phi) is 6.74. The number of nitrogens with one attached hydrogen (secondary N) is 1. The van der Waals surface area contributed by atoms with E-state index in [1.165, 1.54) is 17.6 Å². The standard InChI is InChI=1S/C26H20N4O5/c1-33-19-8-6-18(7-9-19)28-24(31)17(16-27)15-22-25(35-21-12-10-20(34-2)11-13-21)29-23-5-3-4-14-30(23)26(22)32/h3-15H,1-2H3,(H,28,31). The molecular weight excluding hydrogens is 448 g/mol. The van der Waals surface area contributed by atoms with Gasteiger partial charge in [0.1, 0.15) is 40.1 Å². The van der Waals surface area contributed by atoms with Crippen LogP contribution < -0.4 is 25.1 Å². The van der Waals surface area contributed by atoms with E-state index in [0.717, 1.165) is 0 Å². The van der Waals surface area contributed by atoms with Gasteiger partial charge < -0.3 is 19.5 Å². The Bertz CT molecular complexity index is 1500. The summed E-state index contributed by atoms with van der Waals surface area (Å²) in [5.41, 5.74) is -0.0374. The summed E-state index contributed by atoms with van der Waals surface area (Å²) in [7, 11) is 3.08. The van der Waals surface area contributed by atoms with Crippen molar-refractivity contribution in [3.05, 3.63) is 94.4 Å². The van der Waals surface area contributed by atoms with E-state index in [9.17, 15) is 14.9 Å². The smallest absolute Gasteiger partial charge is 0.269 e. The van der Waals surface area contributed by atoms with E-state index in [-0.39, 0.29) is 17.0 Å². The highest BCUT2D eigenvalue weighted by Gasteiger charge is 2.17. The molecule has 0 fully saturated rings. The third-order valence-electron chi connectivity index (χ3n) is 5.01. The Balaban J connectivity index is 1.75. The van der Waals surface area contributed by atoms with Gasteiger partial charge in [0.05, 0.1) is 14.2 Å². The van der Waals surface area contributed by atoms with Crippen molar-refractivity contribution in [2.75, 3.05) is 19.5 Å². The number of hydrogen-bond acceptors (Lipinski definition) is 7. The van der Waals surface area contributed by atoms with Crippen LogP contribution in [0, 0.1) is 11.3 Å². The summed E-state index contributed by atoms with van der Waals surface area (Å²) in [5, 5.41) is 12.3. The van der Waals surface area contributed by atoms with Crippen LogP contribution in [-0.2, 0) is 4.79 Å². The largest absolute Gasteiger partial charge is 0.497 e. The summed E-state index contributed by atoms with van der Waals surface area (Å²) in [5.74, 6) is 0.913. The third kappa shape index (κ3) is 5.12. The van der Waals surface area contributed by atoms with Crippen molar-refractivity contribution >= 4 is 23.3 Å². The number of rotatable bonds is 7. The molecule has 1 amide bonds. The predicted molar refractivity (Wildman–Crippen MR) is 130 cm³/mol. The van der Waals surface area contributed by atoms with E-state index in [4.69, 9.17) is 14.2 Å². The molecule has 0 radical (unpaired) electrons. The lowest BCUT2D eigenvalue weighted by molar-refractivity contribution is -0.112. The van der Waals surface area contributed by atoms with E-state index in [0.29, 0.717) is 28.6 Å². The van der Waals surface area contributed by atoms with Crippen molar-refractivity contribution in [3.63, 3.8) is 0 Å². The van der Waals surface area contributed by atoms with E-state index in [2.05, 4.69) is 10.3 Å². The molecule has 35 heavy (non-hydrogen) atoms. The highest BCUT2D eigenvalue weighted by Crippen LogP contribution is 2.26. The van der Waals surface area contributed by atoms with E-state index in [1.807, 2.05) is 6.07 Å². The Morgan fingerprint density at radius 1 is 0.971 bits per heavy atom. The maximum absolute atomic E-state index is 13.3. The van der Waals surface area contributed by atoms with Gasteiger partial charge in [-0.3, -0.25) is 14.0 Å². The van der Waals surface area contributed by atoms with E-state index in [1.54, 1.807) is 80.0 Å². The van der Waals surface area contributed by atoms with Gasteiger partial charge in [-0.25, -0.2) is 0 Å². The van der Waals surface area contributed by atoms with Crippen LogP contribution >= 0.6 is 0 Å². The zero-order valence-corrected chi connectivity index (χ0v) is 18.9. The number of methoxy groups -OCH3 is 2. The summed E-state index contributed by atoms with van der Waals surface area (Å²) >= 11 is 0. The van der Waals surface area contributed by atoms with Gasteiger partial charge in [0, 0.05) is 11.9 Å². The zero-order chi connectivity index (χ0) is 24.8. The van der Waals surface area contributed by atoms with Crippen molar-refractivity contribution in [1.82, 2.24) is 9.38 Å². The van der Waals surface area contributed by atoms with Crippen LogP contribution in [-0.4, -0.2) is 29.5 Å². The maximum Gasteiger partial charge on any atom is 0.269 e. The van der Waals surface area contributed by atoms with Gasteiger partial charge in [-0.1, -0.05) is 6.07 Å². The highest BCUT2D eigenvalue weighted by atomic mass is 16.5. The second-order valence-electron chi connectivity index (χ2n) is 7.19. The number of hydrogen-bond donors (Lipinski definition) is 1. The minimum atomic E-state index is -0.689. The highest BCUT2D eigenvalue weighted by molar-refractivity contribution is 6.09. The Morgan fingerprint density at radius 2 is 1.60 bits per heavy atom. The van der Waals surface area contributed by atoms with Crippen molar-refractivity contribution in [2.24, 2.45) is 0 Å². The molecule has 0 aliphatic rings. The second-order valence-corrected chi connectivity index (χ2v) is 7.19. The number of aromatic nitrogens is 2. The molecule has 0 bridgehead atoms. The number of pyridine rings is 1. The predicted octanol–water partition coefficient (Wildman–Crippen LogP) is 4.05. The number of ether oxygens (including phenoxy) is 3. The first-order valence-corrected chi connectivity index (χ1v) is 10.4. The van der Waals surface area contributed by atoms with Gasteiger partial charge in [-0.05, 0) is 66.7 Å². The maximum atomic E-state index is 13.3. The van der Waals surface area contributed by atoms with Crippen molar-refractivity contribution in [2.45, 2.75) is 0 Å². The number of amides is 1. The average molecular weight is 468 g/mol. The molecule has 0 atom stereocenters. The first-order chi connectivity index (χ1) is 17.0. The lowest BCUT2D eigenvalue weighted by atomic mass is 10.1. The molecule has 9 nitrogen and oxygen atoms in total. The molecule has 2 aromatic heterocycles. The summed E-state index contributed by atoms with van der Waals surface area (Å²) in [4.78, 5) is 30.5. The Labute approximate surface area is 200 Å². The van der Waals surface area contributed by atoms with Crippen molar-refractivity contribution < 1.29 is 19.0 Å². The fourth-order valence-corrected chi connectivity index (χ4v) is 3.20. The average Bonchev–Trinajstić information content (AvgIpc) is 2.89. The molecule has 0 aliphatic heterocycles. The molecule has 2 aromatic carbocycles. The van der Waals surface area contributed by atoms with E-state index >= 15 is 0 Å². The minimum Gasteiger partial charge on any atom is -0.497 e. The number of anilines is 1. The number of carbonyl (C=O) groups excluding carboxylic acids is 1. The lowest BCUT2D eigenvalue weighted by Gasteiger charge is -2.11. The molecule has 9 heteroatoms. The van der Waals surface area contributed by atoms with Gasteiger partial charge in [-0.2, -0.15) is 10.2 Å². The van der Waals surface area contributed by atoms with Crippen LogP contribution in [0.25, 0.3) is 11.7 Å². The molecule has 4 rings (SSSR count). The Hall–Kier alpha value is -5.10. The van der Waals surface area contributed by atoms with Crippen LogP contribution in [0.1, 0.15) is 5.56 Å². The minimum absolute atomic E-state index is 0.0450. The Morgan fingerprint density at radius 3 is 2.23 bits per heavy atom. The molecule has 0 saturated carbocycles. The topological polar surface area (TPSA) is 115 Å². The van der Waals surface area contributed by atoms with Gasteiger partial charge in [-0.15, -0.1) is 0 Å². The fraction of sp³-hybridized carbons (Fsp3) is 0.0769.